The van der Waals surface area contributed by atoms with Gasteiger partial charge in [-0.3, -0.25) is 4.79 Å². The summed E-state index contributed by atoms with van der Waals surface area (Å²) in [7, 11) is 1.62. The molecule has 0 aliphatic carbocycles. The van der Waals surface area contributed by atoms with E-state index in [0.717, 1.165) is 24.3 Å². The summed E-state index contributed by atoms with van der Waals surface area (Å²) in [6.45, 7) is 3.01. The molecule has 3 heteroatoms. The molecule has 2 unspecified atom stereocenters. The second-order valence-corrected chi connectivity index (χ2v) is 4.23. The summed E-state index contributed by atoms with van der Waals surface area (Å²) in [6.07, 6.45) is 0.937. The lowest BCUT2D eigenvalue weighted by atomic mass is 9.92. The van der Waals surface area contributed by atoms with Crippen molar-refractivity contribution in [3.05, 3.63) is 29.8 Å². The zero-order valence-corrected chi connectivity index (χ0v) is 9.69. The monoisotopic (exact) mass is 219 g/mol. The molecule has 1 fully saturated rings. The SMILES string of the molecule is COc1ccc(C(=O)C2CCNC2C)cc1. The molecule has 1 saturated heterocycles. The van der Waals surface area contributed by atoms with Crippen LogP contribution in [0, 0.1) is 5.92 Å². The van der Waals surface area contributed by atoms with Gasteiger partial charge in [0.15, 0.2) is 5.78 Å². The average Bonchev–Trinajstić information content (AvgIpc) is 2.75. The summed E-state index contributed by atoms with van der Waals surface area (Å²) in [5.41, 5.74) is 0.779. The van der Waals surface area contributed by atoms with E-state index >= 15 is 0 Å². The number of nitrogens with one attached hydrogen (secondary N) is 1. The summed E-state index contributed by atoms with van der Waals surface area (Å²) < 4.78 is 5.07. The van der Waals surface area contributed by atoms with Crippen LogP contribution in [0.5, 0.6) is 5.75 Å². The molecule has 16 heavy (non-hydrogen) atoms. The average molecular weight is 219 g/mol. The minimum absolute atomic E-state index is 0.119. The molecule has 2 rings (SSSR count). The summed E-state index contributed by atoms with van der Waals surface area (Å²) in [5, 5.41) is 3.30. The Labute approximate surface area is 95.8 Å². The van der Waals surface area contributed by atoms with E-state index in [1.165, 1.54) is 0 Å². The fraction of sp³-hybridized carbons (Fsp3) is 0.462. The zero-order valence-electron chi connectivity index (χ0n) is 9.69. The molecular weight excluding hydrogens is 202 g/mol. The number of carbonyl (C=O) groups excluding carboxylic acids is 1. The summed E-state index contributed by atoms with van der Waals surface area (Å²) in [5.74, 6) is 1.14. The molecule has 0 amide bonds. The third-order valence-electron chi connectivity index (χ3n) is 3.24. The molecule has 1 aliphatic heterocycles. The number of carbonyl (C=O) groups is 1. The number of ether oxygens (including phenoxy) is 1. The minimum Gasteiger partial charge on any atom is -0.497 e. The first-order chi connectivity index (χ1) is 7.72. The number of hydrogen-bond acceptors (Lipinski definition) is 3. The Balaban J connectivity index is 2.14. The van der Waals surface area contributed by atoms with Crippen molar-refractivity contribution >= 4 is 5.78 Å². The highest BCUT2D eigenvalue weighted by atomic mass is 16.5. The van der Waals surface area contributed by atoms with E-state index in [-0.39, 0.29) is 17.7 Å². The van der Waals surface area contributed by atoms with Crippen LogP contribution in [0.1, 0.15) is 23.7 Å². The van der Waals surface area contributed by atoms with Gasteiger partial charge in [0.1, 0.15) is 5.75 Å². The second kappa shape index (κ2) is 4.66. The molecule has 3 nitrogen and oxygen atoms in total. The molecule has 0 saturated carbocycles. The highest BCUT2D eigenvalue weighted by Gasteiger charge is 2.29. The van der Waals surface area contributed by atoms with Crippen molar-refractivity contribution in [3.8, 4) is 5.75 Å². The number of hydrogen-bond donors (Lipinski definition) is 1. The van der Waals surface area contributed by atoms with Crippen LogP contribution in [-0.4, -0.2) is 25.5 Å². The van der Waals surface area contributed by atoms with Crippen molar-refractivity contribution in [2.45, 2.75) is 19.4 Å². The van der Waals surface area contributed by atoms with E-state index in [1.54, 1.807) is 7.11 Å². The van der Waals surface area contributed by atoms with Crippen molar-refractivity contribution in [2.75, 3.05) is 13.7 Å². The smallest absolute Gasteiger partial charge is 0.167 e. The molecule has 2 atom stereocenters. The highest BCUT2D eigenvalue weighted by Crippen LogP contribution is 2.22. The topological polar surface area (TPSA) is 38.3 Å². The van der Waals surface area contributed by atoms with Gasteiger partial charge in [-0.2, -0.15) is 0 Å². The first kappa shape index (κ1) is 11.1. The van der Waals surface area contributed by atoms with Crippen molar-refractivity contribution < 1.29 is 9.53 Å². The van der Waals surface area contributed by atoms with Crippen LogP contribution >= 0.6 is 0 Å². The first-order valence-corrected chi connectivity index (χ1v) is 5.64. The van der Waals surface area contributed by atoms with Gasteiger partial charge < -0.3 is 10.1 Å². The van der Waals surface area contributed by atoms with E-state index in [4.69, 9.17) is 4.74 Å². The Kier molecular flexibility index (Phi) is 3.25. The standard InChI is InChI=1S/C13H17NO2/c1-9-12(7-8-14-9)13(15)10-3-5-11(16-2)6-4-10/h3-6,9,12,14H,7-8H2,1-2H3. The number of ketones is 1. The van der Waals surface area contributed by atoms with Gasteiger partial charge in [0, 0.05) is 17.5 Å². The van der Waals surface area contributed by atoms with E-state index in [0.29, 0.717) is 0 Å². The van der Waals surface area contributed by atoms with Crippen LogP contribution in [-0.2, 0) is 0 Å². The predicted octanol–water partition coefficient (Wildman–Crippen LogP) is 1.88. The maximum absolute atomic E-state index is 12.2. The van der Waals surface area contributed by atoms with Crippen LogP contribution in [0.25, 0.3) is 0 Å². The fourth-order valence-electron chi connectivity index (χ4n) is 2.19. The third kappa shape index (κ3) is 2.09. The molecule has 1 aromatic carbocycles. The van der Waals surface area contributed by atoms with Crippen LogP contribution in [0.4, 0.5) is 0 Å². The zero-order chi connectivity index (χ0) is 11.5. The van der Waals surface area contributed by atoms with Gasteiger partial charge in [-0.25, -0.2) is 0 Å². The van der Waals surface area contributed by atoms with Crippen molar-refractivity contribution in [3.63, 3.8) is 0 Å². The number of rotatable bonds is 3. The van der Waals surface area contributed by atoms with Crippen molar-refractivity contribution in [1.82, 2.24) is 5.32 Å². The van der Waals surface area contributed by atoms with E-state index < -0.39 is 0 Å². The number of benzene rings is 1. The van der Waals surface area contributed by atoms with Gasteiger partial charge in [0.25, 0.3) is 0 Å². The first-order valence-electron chi connectivity index (χ1n) is 5.64. The Morgan fingerprint density at radius 3 is 2.56 bits per heavy atom. The number of methoxy groups -OCH3 is 1. The lowest BCUT2D eigenvalue weighted by molar-refractivity contribution is 0.0914. The van der Waals surface area contributed by atoms with Gasteiger partial charge in [0.2, 0.25) is 0 Å². The van der Waals surface area contributed by atoms with E-state index in [9.17, 15) is 4.79 Å². The van der Waals surface area contributed by atoms with Crippen LogP contribution in [0.15, 0.2) is 24.3 Å². The second-order valence-electron chi connectivity index (χ2n) is 4.23. The van der Waals surface area contributed by atoms with Crippen LogP contribution in [0.2, 0.25) is 0 Å². The quantitative estimate of drug-likeness (QED) is 0.789. The van der Waals surface area contributed by atoms with Crippen LogP contribution < -0.4 is 10.1 Å². The lowest BCUT2D eigenvalue weighted by Crippen LogP contribution is -2.28. The maximum Gasteiger partial charge on any atom is 0.167 e. The maximum atomic E-state index is 12.2. The molecule has 0 spiro atoms. The van der Waals surface area contributed by atoms with Gasteiger partial charge >= 0.3 is 0 Å². The van der Waals surface area contributed by atoms with E-state index in [2.05, 4.69) is 12.2 Å². The Hall–Kier alpha value is -1.35. The molecule has 1 heterocycles. The molecule has 0 aromatic heterocycles. The molecule has 1 aliphatic rings. The predicted molar refractivity (Wildman–Crippen MR) is 62.9 cm³/mol. The molecule has 0 radical (unpaired) electrons. The van der Waals surface area contributed by atoms with Crippen molar-refractivity contribution in [1.29, 1.82) is 0 Å². The summed E-state index contributed by atoms with van der Waals surface area (Å²) in [4.78, 5) is 12.2. The number of Topliss-reactive ketones (excluding diaryl/α,β-unsaturated/α-hetero) is 1. The molecule has 1 N–H and O–H groups in total. The third-order valence-corrected chi connectivity index (χ3v) is 3.24. The summed E-state index contributed by atoms with van der Waals surface area (Å²) >= 11 is 0. The van der Waals surface area contributed by atoms with Gasteiger partial charge in [-0.05, 0) is 44.2 Å². The largest absolute Gasteiger partial charge is 0.497 e. The Bertz CT molecular complexity index is 372. The molecule has 1 aromatic rings. The minimum atomic E-state index is 0.119. The fourth-order valence-corrected chi connectivity index (χ4v) is 2.19. The van der Waals surface area contributed by atoms with Crippen LogP contribution in [0.3, 0.4) is 0 Å². The lowest BCUT2D eigenvalue weighted by Gasteiger charge is -2.13. The molecule has 86 valence electrons. The van der Waals surface area contributed by atoms with E-state index in [1.807, 2.05) is 24.3 Å². The highest BCUT2D eigenvalue weighted by molar-refractivity contribution is 5.98. The van der Waals surface area contributed by atoms with Gasteiger partial charge in [-0.1, -0.05) is 0 Å². The Morgan fingerprint density at radius 2 is 2.06 bits per heavy atom. The Morgan fingerprint density at radius 1 is 1.38 bits per heavy atom. The summed E-state index contributed by atoms with van der Waals surface area (Å²) in [6, 6.07) is 7.63. The normalized spacial score (nSPS) is 24.4. The van der Waals surface area contributed by atoms with Gasteiger partial charge in [-0.15, -0.1) is 0 Å². The van der Waals surface area contributed by atoms with Crippen molar-refractivity contribution in [2.24, 2.45) is 5.92 Å². The molecule has 0 bridgehead atoms. The molecular formula is C13H17NO2. The van der Waals surface area contributed by atoms with Gasteiger partial charge in [0.05, 0.1) is 7.11 Å².